The first-order chi connectivity index (χ1) is 19.5. The third-order valence-corrected chi connectivity index (χ3v) is 9.66. The van der Waals surface area contributed by atoms with Crippen molar-refractivity contribution in [1.29, 1.82) is 0 Å². The molecule has 0 radical (unpaired) electrons. The van der Waals surface area contributed by atoms with Crippen LogP contribution in [0.2, 0.25) is 0 Å². The van der Waals surface area contributed by atoms with E-state index in [2.05, 4.69) is 135 Å². The predicted molar refractivity (Wildman–Crippen MR) is 170 cm³/mol. The molecule has 3 nitrogen and oxygen atoms in total. The van der Waals surface area contributed by atoms with E-state index < -0.39 is 0 Å². The molecule has 0 saturated carbocycles. The number of hydrogen-bond acceptors (Lipinski definition) is 3. The monoisotopic (exact) mass is 537 g/mol. The van der Waals surface area contributed by atoms with Crippen LogP contribution in [0, 0.1) is 0 Å². The van der Waals surface area contributed by atoms with Gasteiger partial charge in [-0.25, -0.2) is 0 Å². The molecule has 3 heterocycles. The lowest BCUT2D eigenvalue weighted by atomic mass is 9.79. The summed E-state index contributed by atoms with van der Waals surface area (Å²) < 4.78 is 17.6. The molecule has 0 bridgehead atoms. The van der Waals surface area contributed by atoms with Gasteiger partial charge in [-0.15, -0.1) is 11.3 Å². The van der Waals surface area contributed by atoms with E-state index >= 15 is 0 Å². The second-order valence-electron chi connectivity index (χ2n) is 11.3. The van der Waals surface area contributed by atoms with E-state index in [1.165, 1.54) is 47.6 Å². The largest absolute Gasteiger partial charge is 0.494 e. The molecule has 1 unspecified atom stereocenters. The summed E-state index contributed by atoms with van der Waals surface area (Å²) in [7, 11) is -0.376. The van der Waals surface area contributed by atoms with Gasteiger partial charge in [-0.2, -0.15) is 0 Å². The van der Waals surface area contributed by atoms with Gasteiger partial charge in [-0.3, -0.25) is 0 Å². The third-order valence-electron chi connectivity index (χ3n) is 8.51. The van der Waals surface area contributed by atoms with Crippen molar-refractivity contribution in [3.05, 3.63) is 109 Å². The van der Waals surface area contributed by atoms with Crippen molar-refractivity contribution in [2.24, 2.45) is 0 Å². The number of thiophene rings is 1. The zero-order chi connectivity index (χ0) is 27.0. The Morgan fingerprint density at radius 3 is 2.15 bits per heavy atom. The highest BCUT2D eigenvalue weighted by molar-refractivity contribution is 7.25. The Morgan fingerprint density at radius 1 is 0.675 bits per heavy atom. The fourth-order valence-electron chi connectivity index (χ4n) is 6.02. The van der Waals surface area contributed by atoms with Gasteiger partial charge in [0.25, 0.3) is 0 Å². The summed E-state index contributed by atoms with van der Waals surface area (Å²) >= 11 is 1.86. The van der Waals surface area contributed by atoms with Gasteiger partial charge in [0.1, 0.15) is 0 Å². The van der Waals surface area contributed by atoms with Gasteiger partial charge in [-0.05, 0) is 79.8 Å². The van der Waals surface area contributed by atoms with Crippen LogP contribution in [0.5, 0.6) is 0 Å². The van der Waals surface area contributed by atoms with E-state index in [-0.39, 0.29) is 18.8 Å². The summed E-state index contributed by atoms with van der Waals surface area (Å²) in [5.41, 5.74) is 6.64. The van der Waals surface area contributed by atoms with E-state index in [9.17, 15) is 0 Å². The summed E-state index contributed by atoms with van der Waals surface area (Å²) in [6.07, 6.45) is 0.0217. The van der Waals surface area contributed by atoms with E-state index in [4.69, 9.17) is 9.31 Å². The Kier molecular flexibility index (Phi) is 5.27. The molecule has 0 N–H and O–H groups in total. The maximum atomic E-state index is 6.32. The lowest BCUT2D eigenvalue weighted by Crippen LogP contribution is -2.34. The molecule has 1 fully saturated rings. The summed E-state index contributed by atoms with van der Waals surface area (Å²) in [5.74, 6) is 0. The van der Waals surface area contributed by atoms with Gasteiger partial charge >= 0.3 is 7.12 Å². The average molecular weight is 537 g/mol. The molecule has 0 amide bonds. The second-order valence-corrected chi connectivity index (χ2v) is 12.4. The highest BCUT2D eigenvalue weighted by Gasteiger charge is 2.44. The van der Waals surface area contributed by atoms with Crippen LogP contribution in [-0.4, -0.2) is 23.4 Å². The zero-order valence-corrected chi connectivity index (χ0v) is 23.5. The first-order valence-corrected chi connectivity index (χ1v) is 14.7. The second kappa shape index (κ2) is 8.80. The highest BCUT2D eigenvalue weighted by Crippen LogP contribution is 2.39. The van der Waals surface area contributed by atoms with Crippen LogP contribution in [-0.2, 0) is 9.31 Å². The molecule has 194 valence electrons. The maximum Gasteiger partial charge on any atom is 0.494 e. The SMILES string of the molecule is CC1OB(c2ccc3c4ccc(-c5ccc6sc7ccccc7c6c5)cc4n(-c4ccccc4)c3c2)OC1(C)C. The van der Waals surface area contributed by atoms with Gasteiger partial charge in [0.05, 0.1) is 22.7 Å². The molecule has 0 aliphatic carbocycles. The van der Waals surface area contributed by atoms with E-state index in [0.717, 1.165) is 16.7 Å². The number of para-hydroxylation sites is 1. The lowest BCUT2D eigenvalue weighted by Gasteiger charge is -2.21. The topological polar surface area (TPSA) is 23.4 Å². The molecule has 2 aromatic heterocycles. The van der Waals surface area contributed by atoms with Crippen LogP contribution < -0.4 is 5.46 Å². The van der Waals surface area contributed by atoms with Gasteiger partial charge < -0.3 is 13.9 Å². The first-order valence-electron chi connectivity index (χ1n) is 13.8. The molecule has 40 heavy (non-hydrogen) atoms. The minimum atomic E-state index is -0.376. The maximum absolute atomic E-state index is 6.32. The minimum Gasteiger partial charge on any atom is -0.402 e. The molecule has 1 aliphatic rings. The van der Waals surface area contributed by atoms with Crippen LogP contribution >= 0.6 is 11.3 Å². The molecule has 1 aliphatic heterocycles. The van der Waals surface area contributed by atoms with Crippen LogP contribution in [0.4, 0.5) is 0 Å². The molecule has 1 atom stereocenters. The zero-order valence-electron chi connectivity index (χ0n) is 22.7. The lowest BCUT2D eigenvalue weighted by molar-refractivity contribution is 0.0842. The molecule has 5 heteroatoms. The van der Waals surface area contributed by atoms with Crippen molar-refractivity contribution < 1.29 is 9.31 Å². The van der Waals surface area contributed by atoms with Crippen molar-refractivity contribution >= 4 is 65.9 Å². The van der Waals surface area contributed by atoms with Gasteiger partial charge in [0.2, 0.25) is 0 Å². The average Bonchev–Trinajstić information content (AvgIpc) is 3.60. The summed E-state index contributed by atoms with van der Waals surface area (Å²) in [6, 6.07) is 39.7. The van der Waals surface area contributed by atoms with E-state index in [1.54, 1.807) is 0 Å². The number of aromatic nitrogens is 1. The van der Waals surface area contributed by atoms with E-state index in [1.807, 2.05) is 11.3 Å². The van der Waals surface area contributed by atoms with Crippen molar-refractivity contribution in [2.45, 2.75) is 32.5 Å². The normalized spacial score (nSPS) is 17.1. The highest BCUT2D eigenvalue weighted by atomic mass is 32.1. The third kappa shape index (κ3) is 3.66. The molecule has 7 aromatic rings. The summed E-state index contributed by atoms with van der Waals surface area (Å²) in [6.45, 7) is 6.27. The van der Waals surface area contributed by atoms with Crippen molar-refractivity contribution in [3.63, 3.8) is 0 Å². The first kappa shape index (κ1) is 23.9. The molecule has 5 aromatic carbocycles. The Labute approximate surface area is 237 Å². The number of benzene rings is 5. The van der Waals surface area contributed by atoms with Crippen LogP contribution in [0.1, 0.15) is 20.8 Å². The van der Waals surface area contributed by atoms with Crippen molar-refractivity contribution in [2.75, 3.05) is 0 Å². The summed E-state index contributed by atoms with van der Waals surface area (Å²) in [4.78, 5) is 0. The van der Waals surface area contributed by atoms with Crippen LogP contribution in [0.3, 0.4) is 0 Å². The number of rotatable bonds is 3. The van der Waals surface area contributed by atoms with E-state index in [0.29, 0.717) is 0 Å². The molecular formula is C35H28BNO2S. The van der Waals surface area contributed by atoms with Gasteiger partial charge in [0.15, 0.2) is 0 Å². The standard InChI is InChI=1S/C35H28BNO2S/c1-22-35(2,3)39-36(38-22)25-15-17-28-27-16-13-24(20-31(27)37(32(28)21-25)26-9-5-4-6-10-26)23-14-18-34-30(19-23)29-11-7-8-12-33(29)40-34/h4-22H,1-3H3. The molecule has 0 spiro atoms. The summed E-state index contributed by atoms with van der Waals surface area (Å²) in [5, 5.41) is 5.10. The smallest absolute Gasteiger partial charge is 0.402 e. The van der Waals surface area contributed by atoms with Crippen molar-refractivity contribution in [3.8, 4) is 16.8 Å². The number of fused-ring (bicyclic) bond motifs is 6. The van der Waals surface area contributed by atoms with Crippen molar-refractivity contribution in [1.82, 2.24) is 4.57 Å². The fraction of sp³-hybridized carbons (Fsp3) is 0.143. The van der Waals surface area contributed by atoms with Gasteiger partial charge in [-0.1, -0.05) is 66.7 Å². The number of hydrogen-bond donors (Lipinski definition) is 0. The van der Waals surface area contributed by atoms with Crippen LogP contribution in [0.25, 0.3) is 58.8 Å². The Hall–Kier alpha value is -3.90. The quantitative estimate of drug-likeness (QED) is 0.211. The van der Waals surface area contributed by atoms with Gasteiger partial charge in [0, 0.05) is 36.6 Å². The Balaban J connectivity index is 1.33. The minimum absolute atomic E-state index is 0.0217. The molecule has 8 rings (SSSR count). The fourth-order valence-corrected chi connectivity index (χ4v) is 7.10. The Morgan fingerprint density at radius 2 is 1.35 bits per heavy atom. The molecule has 1 saturated heterocycles. The number of nitrogens with zero attached hydrogens (tertiary/aromatic N) is 1. The molecular weight excluding hydrogens is 509 g/mol. The van der Waals surface area contributed by atoms with Crippen LogP contribution in [0.15, 0.2) is 109 Å². The Bertz CT molecular complexity index is 2070. The predicted octanol–water partition coefficient (Wildman–Crippen LogP) is 8.73.